The molecule has 1 aromatic carbocycles. The number of methoxy groups -OCH3 is 1. The molecule has 1 fully saturated rings. The smallest absolute Gasteiger partial charge is 0.333 e. The van der Waals surface area contributed by atoms with Gasteiger partial charge in [0.25, 0.3) is 0 Å². The van der Waals surface area contributed by atoms with Crippen LogP contribution in [0.1, 0.15) is 25.5 Å². The fourth-order valence-electron chi connectivity index (χ4n) is 4.38. The Morgan fingerprint density at radius 1 is 1.11 bits per heavy atom. The zero-order valence-corrected chi connectivity index (χ0v) is 21.2. The first-order valence-electron chi connectivity index (χ1n) is 12.1. The molecule has 4 aromatic rings. The lowest BCUT2D eigenvalue weighted by Crippen LogP contribution is -2.39. The largest absolute Gasteiger partial charge is 0.487 e. The lowest BCUT2D eigenvalue weighted by molar-refractivity contribution is -0.135. The fourth-order valence-corrected chi connectivity index (χ4v) is 4.38. The first-order chi connectivity index (χ1) is 18.3. The molecule has 0 spiro atoms. The fraction of sp³-hybridized carbons (Fsp3) is 0.296. The molecular formula is C27H26F2N6O3. The minimum Gasteiger partial charge on any atom is -0.487 e. The maximum Gasteiger partial charge on any atom is 0.333 e. The molecule has 0 unspecified atom stereocenters. The third-order valence-corrected chi connectivity index (χ3v) is 6.33. The molecule has 5 rings (SSSR count). The van der Waals surface area contributed by atoms with Gasteiger partial charge in [-0.1, -0.05) is 0 Å². The number of carbonyl (C=O) groups is 1. The summed E-state index contributed by atoms with van der Waals surface area (Å²) in [6.07, 6.45) is 7.88. The molecule has 9 nitrogen and oxygen atoms in total. The maximum absolute atomic E-state index is 14.1. The number of benzene rings is 1. The molecule has 0 saturated carbocycles. The van der Waals surface area contributed by atoms with Crippen LogP contribution in [0, 0.1) is 11.6 Å². The number of piperidine rings is 1. The van der Waals surface area contributed by atoms with E-state index in [1.165, 1.54) is 19.2 Å². The van der Waals surface area contributed by atoms with Crippen LogP contribution in [0.5, 0.6) is 5.75 Å². The predicted octanol–water partition coefficient (Wildman–Crippen LogP) is 4.33. The van der Waals surface area contributed by atoms with E-state index in [2.05, 4.69) is 15.0 Å². The van der Waals surface area contributed by atoms with E-state index in [9.17, 15) is 13.6 Å². The van der Waals surface area contributed by atoms with Crippen molar-refractivity contribution in [1.29, 1.82) is 0 Å². The molecule has 0 radical (unpaired) electrons. The van der Waals surface area contributed by atoms with Crippen molar-refractivity contribution in [3.63, 3.8) is 0 Å². The Kier molecular flexibility index (Phi) is 6.99. The molecule has 0 atom stereocenters. The number of nitrogens with zero attached hydrogens (tertiary/aromatic N) is 6. The summed E-state index contributed by atoms with van der Waals surface area (Å²) in [5.41, 5.74) is 3.69. The molecule has 4 heterocycles. The number of carbonyl (C=O) groups excluding carboxylic acids is 1. The quantitative estimate of drug-likeness (QED) is 0.274. The van der Waals surface area contributed by atoms with Gasteiger partial charge in [-0.2, -0.15) is 5.10 Å². The van der Waals surface area contributed by atoms with Crippen molar-refractivity contribution in [2.24, 2.45) is 7.05 Å². The molecule has 0 amide bonds. The van der Waals surface area contributed by atoms with Crippen molar-refractivity contribution in [2.75, 3.05) is 25.1 Å². The number of hydrogen-bond acceptors (Lipinski definition) is 8. The average molecular weight is 521 g/mol. The number of ether oxygens (including phenoxy) is 2. The van der Waals surface area contributed by atoms with Gasteiger partial charge in [-0.15, -0.1) is 0 Å². The highest BCUT2D eigenvalue weighted by atomic mass is 19.1. The molecule has 196 valence electrons. The predicted molar refractivity (Wildman–Crippen MR) is 137 cm³/mol. The Labute approximate surface area is 217 Å². The van der Waals surface area contributed by atoms with Crippen molar-refractivity contribution in [3.05, 3.63) is 65.8 Å². The van der Waals surface area contributed by atoms with Gasteiger partial charge in [0.1, 0.15) is 23.1 Å². The minimum atomic E-state index is -0.715. The van der Waals surface area contributed by atoms with Crippen molar-refractivity contribution >= 4 is 28.9 Å². The van der Waals surface area contributed by atoms with E-state index in [1.54, 1.807) is 36.1 Å². The van der Waals surface area contributed by atoms with Gasteiger partial charge in [-0.3, -0.25) is 9.67 Å². The molecule has 38 heavy (non-hydrogen) atoms. The van der Waals surface area contributed by atoms with Crippen molar-refractivity contribution < 1.29 is 23.0 Å². The monoisotopic (exact) mass is 520 g/mol. The van der Waals surface area contributed by atoms with Crippen LogP contribution in [0.15, 0.2) is 48.4 Å². The molecule has 0 bridgehead atoms. The van der Waals surface area contributed by atoms with Crippen LogP contribution in [0.4, 0.5) is 14.6 Å². The second-order valence-corrected chi connectivity index (χ2v) is 9.09. The van der Waals surface area contributed by atoms with E-state index in [1.807, 2.05) is 13.2 Å². The number of aryl methyl sites for hydroxylation is 1. The van der Waals surface area contributed by atoms with Crippen LogP contribution in [0.2, 0.25) is 0 Å². The van der Waals surface area contributed by atoms with Gasteiger partial charge < -0.3 is 14.4 Å². The number of pyridine rings is 1. The van der Waals surface area contributed by atoms with Crippen molar-refractivity contribution in [3.8, 4) is 17.0 Å². The maximum atomic E-state index is 14.1. The highest BCUT2D eigenvalue weighted by Crippen LogP contribution is 2.32. The van der Waals surface area contributed by atoms with Gasteiger partial charge in [0.15, 0.2) is 17.4 Å². The summed E-state index contributed by atoms with van der Waals surface area (Å²) >= 11 is 0. The SMILES string of the molecule is COC(=O)/C(C)=C/c1cc2nc(N3CCC(Oc4ccc(F)cc4F)CC3)c(-c3cnn(C)c3)nc2cn1. The summed E-state index contributed by atoms with van der Waals surface area (Å²) in [4.78, 5) is 28.2. The highest BCUT2D eigenvalue weighted by Gasteiger charge is 2.26. The Bertz CT molecular complexity index is 1530. The minimum absolute atomic E-state index is 0.0433. The van der Waals surface area contributed by atoms with E-state index in [0.29, 0.717) is 59.7 Å². The van der Waals surface area contributed by atoms with Gasteiger partial charge in [-0.05, 0) is 31.2 Å². The number of halogens is 2. The second-order valence-electron chi connectivity index (χ2n) is 9.09. The first kappa shape index (κ1) is 25.2. The molecule has 1 saturated heterocycles. The van der Waals surface area contributed by atoms with Crippen molar-refractivity contribution in [2.45, 2.75) is 25.9 Å². The number of anilines is 1. The summed E-state index contributed by atoms with van der Waals surface area (Å²) in [7, 11) is 3.16. The van der Waals surface area contributed by atoms with E-state index >= 15 is 0 Å². The summed E-state index contributed by atoms with van der Waals surface area (Å²) < 4.78 is 39.6. The van der Waals surface area contributed by atoms with Gasteiger partial charge in [0.05, 0.1) is 30.7 Å². The first-order valence-corrected chi connectivity index (χ1v) is 12.1. The zero-order valence-electron chi connectivity index (χ0n) is 21.2. The number of esters is 1. The molecule has 3 aromatic heterocycles. The molecular weight excluding hydrogens is 494 g/mol. The van der Waals surface area contributed by atoms with Crippen LogP contribution < -0.4 is 9.64 Å². The van der Waals surface area contributed by atoms with Gasteiger partial charge in [0.2, 0.25) is 0 Å². The number of aromatic nitrogens is 5. The third kappa shape index (κ3) is 5.31. The van der Waals surface area contributed by atoms with Crippen LogP contribution >= 0.6 is 0 Å². The normalized spacial score (nSPS) is 14.7. The molecule has 1 aliphatic rings. The van der Waals surface area contributed by atoms with Gasteiger partial charge >= 0.3 is 5.97 Å². The number of hydrogen-bond donors (Lipinski definition) is 0. The Hall–Kier alpha value is -4.41. The molecule has 11 heteroatoms. The van der Waals surface area contributed by atoms with E-state index in [4.69, 9.17) is 19.4 Å². The summed E-state index contributed by atoms with van der Waals surface area (Å²) in [6.45, 7) is 2.85. The standard InChI is InChI=1S/C27H26F2N6O3/c1-16(27(36)37-3)10-19-12-22-23(14-30-19)32-25(17-13-31-34(2)15-17)26(33-22)35-8-6-20(7-9-35)38-24-5-4-18(28)11-21(24)29/h4-5,10-15,20H,6-9H2,1-3H3/b16-10+. The molecule has 0 aliphatic carbocycles. The summed E-state index contributed by atoms with van der Waals surface area (Å²) in [6, 6.07) is 5.09. The second kappa shape index (κ2) is 10.5. The average Bonchev–Trinajstić information content (AvgIpc) is 3.35. The van der Waals surface area contributed by atoms with Gasteiger partial charge in [0, 0.05) is 56.4 Å². The van der Waals surface area contributed by atoms with Crippen LogP contribution in [0.3, 0.4) is 0 Å². The Balaban J connectivity index is 1.44. The molecule has 1 aliphatic heterocycles. The third-order valence-electron chi connectivity index (χ3n) is 6.33. The van der Waals surface area contributed by atoms with Crippen molar-refractivity contribution in [1.82, 2.24) is 24.7 Å². The van der Waals surface area contributed by atoms with Gasteiger partial charge in [-0.25, -0.2) is 23.5 Å². The lowest BCUT2D eigenvalue weighted by Gasteiger charge is -2.33. The summed E-state index contributed by atoms with van der Waals surface area (Å²) in [5, 5.41) is 4.28. The topological polar surface area (TPSA) is 95.3 Å². The summed E-state index contributed by atoms with van der Waals surface area (Å²) in [5.74, 6) is -1.06. The Morgan fingerprint density at radius 3 is 2.58 bits per heavy atom. The van der Waals surface area contributed by atoms with E-state index < -0.39 is 17.6 Å². The highest BCUT2D eigenvalue weighted by molar-refractivity contribution is 5.93. The van der Waals surface area contributed by atoms with Crippen LogP contribution in [-0.4, -0.2) is 57.0 Å². The van der Waals surface area contributed by atoms with Crippen LogP contribution in [-0.2, 0) is 16.6 Å². The number of rotatable bonds is 6. The number of fused-ring (bicyclic) bond motifs is 1. The van der Waals surface area contributed by atoms with E-state index in [0.717, 1.165) is 11.6 Å². The Morgan fingerprint density at radius 2 is 1.89 bits per heavy atom. The van der Waals surface area contributed by atoms with Crippen LogP contribution in [0.25, 0.3) is 28.4 Å². The lowest BCUT2D eigenvalue weighted by atomic mass is 10.1. The van der Waals surface area contributed by atoms with E-state index in [-0.39, 0.29) is 11.9 Å². The zero-order chi connectivity index (χ0) is 26.8. The molecule has 0 N–H and O–H groups in total.